The topological polar surface area (TPSA) is 43.1 Å². The van der Waals surface area contributed by atoms with E-state index in [1.54, 1.807) is 0 Å². The van der Waals surface area contributed by atoms with Crippen LogP contribution in [0.25, 0.3) is 11.5 Å². The van der Waals surface area contributed by atoms with Crippen molar-refractivity contribution in [2.45, 2.75) is 6.92 Å². The van der Waals surface area contributed by atoms with Crippen molar-refractivity contribution >= 4 is 6.29 Å². The minimum atomic E-state index is 0.251. The Morgan fingerprint density at radius 2 is 2.29 bits per heavy atom. The van der Waals surface area contributed by atoms with E-state index in [0.717, 1.165) is 11.1 Å². The second-order valence-corrected chi connectivity index (χ2v) is 3.06. The van der Waals surface area contributed by atoms with Crippen LogP contribution >= 0.6 is 0 Å². The molecule has 0 saturated heterocycles. The molecule has 1 aromatic heterocycles. The molecule has 0 N–H and O–H groups in total. The van der Waals surface area contributed by atoms with Gasteiger partial charge >= 0.3 is 0 Å². The largest absolute Gasteiger partial charge is 0.433 e. The van der Waals surface area contributed by atoms with E-state index in [2.05, 4.69) is 4.98 Å². The Kier molecular flexibility index (Phi) is 2.14. The number of nitrogens with zero attached hydrogens (tertiary/aromatic N) is 1. The molecule has 0 amide bonds. The number of aldehydes is 1. The summed E-state index contributed by atoms with van der Waals surface area (Å²) in [5.41, 5.74) is 2.02. The molecule has 0 aliphatic heterocycles. The van der Waals surface area contributed by atoms with Crippen LogP contribution in [0.3, 0.4) is 0 Å². The van der Waals surface area contributed by atoms with Crippen LogP contribution in [0.15, 0.2) is 34.9 Å². The van der Waals surface area contributed by atoms with Gasteiger partial charge in [-0.2, -0.15) is 0 Å². The first-order valence-corrected chi connectivity index (χ1v) is 4.27. The maximum Gasteiger partial charge on any atom is 0.226 e. The second kappa shape index (κ2) is 3.46. The number of aromatic nitrogens is 1. The van der Waals surface area contributed by atoms with E-state index in [0.29, 0.717) is 12.2 Å². The quantitative estimate of drug-likeness (QED) is 0.678. The first-order chi connectivity index (χ1) is 6.79. The number of hydrogen-bond donors (Lipinski definition) is 0. The molecule has 3 heteroatoms. The van der Waals surface area contributed by atoms with Crippen LogP contribution in [0.1, 0.15) is 16.1 Å². The van der Waals surface area contributed by atoms with Gasteiger partial charge in [-0.05, 0) is 19.1 Å². The lowest BCUT2D eigenvalue weighted by molar-refractivity contribution is 0.110. The number of aryl methyl sites for hydroxylation is 1. The van der Waals surface area contributed by atoms with Crippen molar-refractivity contribution in [3.8, 4) is 11.5 Å². The molecule has 2 aromatic rings. The first-order valence-electron chi connectivity index (χ1n) is 4.27. The van der Waals surface area contributed by atoms with Gasteiger partial charge in [0, 0.05) is 5.56 Å². The fourth-order valence-corrected chi connectivity index (χ4v) is 1.25. The van der Waals surface area contributed by atoms with Crippen molar-refractivity contribution in [1.29, 1.82) is 0 Å². The van der Waals surface area contributed by atoms with E-state index >= 15 is 0 Å². The summed E-state index contributed by atoms with van der Waals surface area (Å²) in [4.78, 5) is 14.4. The SMILES string of the molecule is Cc1cccc(-c2ncc(C=O)o2)c1. The molecule has 2 rings (SSSR count). The smallest absolute Gasteiger partial charge is 0.226 e. The lowest BCUT2D eigenvalue weighted by Gasteiger charge is -1.95. The zero-order chi connectivity index (χ0) is 9.97. The number of hydrogen-bond acceptors (Lipinski definition) is 3. The molecule has 70 valence electrons. The van der Waals surface area contributed by atoms with E-state index in [1.807, 2.05) is 31.2 Å². The first kappa shape index (κ1) is 8.69. The van der Waals surface area contributed by atoms with Crippen molar-refractivity contribution in [2.24, 2.45) is 0 Å². The molecular weight excluding hydrogens is 178 g/mol. The van der Waals surface area contributed by atoms with E-state index in [1.165, 1.54) is 6.20 Å². The Morgan fingerprint density at radius 1 is 1.43 bits per heavy atom. The molecule has 14 heavy (non-hydrogen) atoms. The van der Waals surface area contributed by atoms with Gasteiger partial charge in [0.1, 0.15) is 0 Å². The molecule has 0 aliphatic carbocycles. The number of carbonyl (C=O) groups excluding carboxylic acids is 1. The van der Waals surface area contributed by atoms with E-state index in [9.17, 15) is 4.79 Å². The van der Waals surface area contributed by atoms with Gasteiger partial charge in [-0.3, -0.25) is 4.79 Å². The van der Waals surface area contributed by atoms with Gasteiger partial charge in [0.05, 0.1) is 6.20 Å². The average Bonchev–Trinajstić information content (AvgIpc) is 2.66. The molecule has 0 unspecified atom stereocenters. The molecule has 3 nitrogen and oxygen atoms in total. The average molecular weight is 187 g/mol. The van der Waals surface area contributed by atoms with Crippen LogP contribution < -0.4 is 0 Å². The Bertz CT molecular complexity index is 460. The third kappa shape index (κ3) is 1.57. The summed E-state index contributed by atoms with van der Waals surface area (Å²) >= 11 is 0. The van der Waals surface area contributed by atoms with Crippen LogP contribution in [-0.2, 0) is 0 Å². The Morgan fingerprint density at radius 3 is 2.93 bits per heavy atom. The summed E-state index contributed by atoms with van der Waals surface area (Å²) < 4.78 is 5.19. The van der Waals surface area contributed by atoms with E-state index in [4.69, 9.17) is 4.42 Å². The van der Waals surface area contributed by atoms with Crippen molar-refractivity contribution in [2.75, 3.05) is 0 Å². The van der Waals surface area contributed by atoms with Gasteiger partial charge in [0.25, 0.3) is 0 Å². The third-order valence-electron chi connectivity index (χ3n) is 1.90. The Hall–Kier alpha value is -1.90. The number of oxazole rings is 1. The van der Waals surface area contributed by atoms with Gasteiger partial charge < -0.3 is 4.42 Å². The van der Waals surface area contributed by atoms with Crippen molar-refractivity contribution in [3.63, 3.8) is 0 Å². The predicted molar refractivity (Wildman–Crippen MR) is 52.1 cm³/mol. The van der Waals surface area contributed by atoms with Crippen LogP contribution in [0.4, 0.5) is 0 Å². The second-order valence-electron chi connectivity index (χ2n) is 3.06. The predicted octanol–water partition coefficient (Wildman–Crippen LogP) is 2.46. The maximum atomic E-state index is 10.4. The van der Waals surface area contributed by atoms with E-state index < -0.39 is 0 Å². The summed E-state index contributed by atoms with van der Waals surface area (Å²) in [5.74, 6) is 0.734. The maximum absolute atomic E-state index is 10.4. The molecule has 0 fully saturated rings. The summed E-state index contributed by atoms with van der Waals surface area (Å²) in [6.45, 7) is 1.99. The van der Waals surface area contributed by atoms with Crippen LogP contribution in [0, 0.1) is 6.92 Å². The molecule has 0 bridgehead atoms. The van der Waals surface area contributed by atoms with Gasteiger partial charge in [-0.15, -0.1) is 0 Å². The van der Waals surface area contributed by atoms with Crippen molar-refractivity contribution < 1.29 is 9.21 Å². The number of rotatable bonds is 2. The van der Waals surface area contributed by atoms with E-state index in [-0.39, 0.29) is 5.76 Å². The Balaban J connectivity index is 2.43. The molecule has 0 saturated carbocycles. The number of benzene rings is 1. The lowest BCUT2D eigenvalue weighted by atomic mass is 10.1. The van der Waals surface area contributed by atoms with Crippen molar-refractivity contribution in [3.05, 3.63) is 41.8 Å². The van der Waals surface area contributed by atoms with Crippen LogP contribution in [0.2, 0.25) is 0 Å². The fraction of sp³-hybridized carbons (Fsp3) is 0.0909. The van der Waals surface area contributed by atoms with Crippen molar-refractivity contribution in [1.82, 2.24) is 4.98 Å². The number of carbonyl (C=O) groups is 1. The standard InChI is InChI=1S/C11H9NO2/c1-8-3-2-4-9(5-8)11-12-6-10(7-13)14-11/h2-7H,1H3. The van der Waals surface area contributed by atoms with Crippen LogP contribution in [-0.4, -0.2) is 11.3 Å². The molecule has 0 aliphatic rings. The molecule has 0 spiro atoms. The highest BCUT2D eigenvalue weighted by Gasteiger charge is 2.05. The fourth-order valence-electron chi connectivity index (χ4n) is 1.25. The molecular formula is C11H9NO2. The van der Waals surface area contributed by atoms with Gasteiger partial charge in [0.2, 0.25) is 5.89 Å². The minimum absolute atomic E-state index is 0.251. The zero-order valence-electron chi connectivity index (χ0n) is 7.73. The summed E-state index contributed by atoms with van der Waals surface area (Å²) in [7, 11) is 0. The summed E-state index contributed by atoms with van der Waals surface area (Å²) in [5, 5.41) is 0. The highest BCUT2D eigenvalue weighted by molar-refractivity contribution is 5.71. The molecule has 1 aromatic carbocycles. The van der Waals surface area contributed by atoms with Gasteiger partial charge in [-0.25, -0.2) is 4.98 Å². The van der Waals surface area contributed by atoms with Crippen LogP contribution in [0.5, 0.6) is 0 Å². The minimum Gasteiger partial charge on any atom is -0.433 e. The molecule has 0 radical (unpaired) electrons. The molecule has 0 atom stereocenters. The monoisotopic (exact) mass is 187 g/mol. The lowest BCUT2D eigenvalue weighted by Crippen LogP contribution is -1.77. The molecule has 1 heterocycles. The Labute approximate surface area is 81.4 Å². The normalized spacial score (nSPS) is 10.1. The highest BCUT2D eigenvalue weighted by atomic mass is 16.4. The summed E-state index contributed by atoms with van der Waals surface area (Å²) in [6, 6.07) is 7.77. The summed E-state index contributed by atoms with van der Waals surface area (Å²) in [6.07, 6.45) is 2.07. The van der Waals surface area contributed by atoms with Gasteiger partial charge in [-0.1, -0.05) is 17.7 Å². The van der Waals surface area contributed by atoms with Gasteiger partial charge in [0.15, 0.2) is 12.0 Å². The third-order valence-corrected chi connectivity index (χ3v) is 1.90. The highest BCUT2D eigenvalue weighted by Crippen LogP contribution is 2.19. The zero-order valence-corrected chi connectivity index (χ0v) is 7.73.